The van der Waals surface area contributed by atoms with Gasteiger partial charge in [0.1, 0.15) is 5.75 Å². The number of nitrogens with two attached hydrogens (primary N) is 1. The summed E-state index contributed by atoms with van der Waals surface area (Å²) in [5.41, 5.74) is 7.42. The van der Waals surface area contributed by atoms with Gasteiger partial charge < -0.3 is 10.8 Å². The van der Waals surface area contributed by atoms with E-state index in [1.165, 1.54) is 0 Å². The molecule has 0 amide bonds. The number of aryl methyl sites for hydroxylation is 1. The normalized spacial score (nSPS) is 12.5. The van der Waals surface area contributed by atoms with E-state index in [2.05, 4.69) is 6.58 Å². The van der Waals surface area contributed by atoms with Gasteiger partial charge in [0.15, 0.2) is 0 Å². The maximum absolute atomic E-state index is 9.35. The summed E-state index contributed by atoms with van der Waals surface area (Å²) in [5, 5.41) is 9.35. The Balaban J connectivity index is 3.04. The van der Waals surface area contributed by atoms with Crippen LogP contribution in [0, 0.1) is 6.92 Å². The van der Waals surface area contributed by atoms with Crippen LogP contribution >= 0.6 is 0 Å². The van der Waals surface area contributed by atoms with Gasteiger partial charge in [0, 0.05) is 6.04 Å². The molecule has 3 N–H and O–H groups in total. The molecule has 2 heteroatoms. The predicted octanol–water partition coefficient (Wildman–Crippen LogP) is 1.89. The third-order valence-electron chi connectivity index (χ3n) is 1.87. The number of rotatable bonds is 2. The molecule has 0 aliphatic heterocycles. The standard InChI is InChI=1S/C10H13NO/c1-3-9(11)8-5-4-7(2)10(12)6-8/h3-6,9,12H,1,11H2,2H3/t9-/m1/s1. The summed E-state index contributed by atoms with van der Waals surface area (Å²) in [4.78, 5) is 0. The first kappa shape index (κ1) is 8.81. The highest BCUT2D eigenvalue weighted by atomic mass is 16.3. The zero-order valence-corrected chi connectivity index (χ0v) is 7.12. The number of phenols is 1. The van der Waals surface area contributed by atoms with E-state index in [4.69, 9.17) is 5.73 Å². The first-order valence-corrected chi connectivity index (χ1v) is 3.83. The molecule has 64 valence electrons. The summed E-state index contributed by atoms with van der Waals surface area (Å²) in [6.45, 7) is 5.43. The molecule has 0 aliphatic rings. The minimum atomic E-state index is -0.198. The van der Waals surface area contributed by atoms with Gasteiger partial charge in [-0.05, 0) is 24.1 Å². The molecule has 0 saturated heterocycles. The van der Waals surface area contributed by atoms with Crippen LogP contribution in [-0.2, 0) is 0 Å². The molecule has 0 aliphatic carbocycles. The largest absolute Gasteiger partial charge is 0.508 e. The Morgan fingerprint density at radius 3 is 2.75 bits per heavy atom. The van der Waals surface area contributed by atoms with Gasteiger partial charge in [-0.25, -0.2) is 0 Å². The third-order valence-corrected chi connectivity index (χ3v) is 1.87. The molecule has 0 fully saturated rings. The van der Waals surface area contributed by atoms with Crippen molar-refractivity contribution >= 4 is 0 Å². The molecule has 12 heavy (non-hydrogen) atoms. The Morgan fingerprint density at radius 1 is 1.58 bits per heavy atom. The summed E-state index contributed by atoms with van der Waals surface area (Å²) in [6, 6.07) is 5.20. The SMILES string of the molecule is C=C[C@@H](N)c1ccc(C)c(O)c1. The molecule has 0 spiro atoms. The monoisotopic (exact) mass is 163 g/mol. The van der Waals surface area contributed by atoms with Crippen LogP contribution in [0.1, 0.15) is 17.2 Å². The highest BCUT2D eigenvalue weighted by Crippen LogP contribution is 2.21. The molecule has 1 atom stereocenters. The molecule has 1 aromatic carbocycles. The lowest BCUT2D eigenvalue weighted by Crippen LogP contribution is -2.05. The Bertz CT molecular complexity index is 294. The van der Waals surface area contributed by atoms with Crippen molar-refractivity contribution in [2.45, 2.75) is 13.0 Å². The fraction of sp³-hybridized carbons (Fsp3) is 0.200. The summed E-state index contributed by atoms with van der Waals surface area (Å²) in [7, 11) is 0. The van der Waals surface area contributed by atoms with E-state index in [1.54, 1.807) is 12.1 Å². The van der Waals surface area contributed by atoms with Gasteiger partial charge in [0.2, 0.25) is 0 Å². The molecule has 0 radical (unpaired) electrons. The number of phenolic OH excluding ortho intramolecular Hbond substituents is 1. The maximum atomic E-state index is 9.35. The van der Waals surface area contributed by atoms with Crippen LogP contribution in [0.25, 0.3) is 0 Å². The van der Waals surface area contributed by atoms with Gasteiger partial charge in [-0.1, -0.05) is 18.2 Å². The molecule has 0 saturated carbocycles. The lowest BCUT2D eigenvalue weighted by molar-refractivity contribution is 0.470. The molecular weight excluding hydrogens is 150 g/mol. The Hall–Kier alpha value is -1.28. The summed E-state index contributed by atoms with van der Waals surface area (Å²) in [5.74, 6) is 0.282. The van der Waals surface area contributed by atoms with E-state index in [9.17, 15) is 5.11 Å². The van der Waals surface area contributed by atoms with Crippen LogP contribution < -0.4 is 5.73 Å². The Kier molecular flexibility index (Phi) is 2.51. The van der Waals surface area contributed by atoms with Crippen LogP contribution in [-0.4, -0.2) is 5.11 Å². The minimum absolute atomic E-state index is 0.198. The van der Waals surface area contributed by atoms with Gasteiger partial charge in [-0.3, -0.25) is 0 Å². The van der Waals surface area contributed by atoms with Crippen LogP contribution in [0.3, 0.4) is 0 Å². The average molecular weight is 163 g/mol. The van der Waals surface area contributed by atoms with Gasteiger partial charge in [-0.2, -0.15) is 0 Å². The lowest BCUT2D eigenvalue weighted by atomic mass is 10.1. The van der Waals surface area contributed by atoms with Gasteiger partial charge >= 0.3 is 0 Å². The highest BCUT2D eigenvalue weighted by Gasteiger charge is 2.02. The van der Waals surface area contributed by atoms with Crippen molar-refractivity contribution < 1.29 is 5.11 Å². The quantitative estimate of drug-likeness (QED) is 0.654. The molecule has 0 unspecified atom stereocenters. The van der Waals surface area contributed by atoms with E-state index >= 15 is 0 Å². The molecule has 0 aromatic heterocycles. The number of hydrogen-bond donors (Lipinski definition) is 2. The van der Waals surface area contributed by atoms with E-state index in [0.717, 1.165) is 11.1 Å². The molecular formula is C10H13NO. The predicted molar refractivity (Wildman–Crippen MR) is 50.0 cm³/mol. The fourth-order valence-electron chi connectivity index (χ4n) is 0.970. The summed E-state index contributed by atoms with van der Waals surface area (Å²) in [6.07, 6.45) is 1.64. The van der Waals surface area contributed by atoms with Crippen molar-refractivity contribution in [2.75, 3.05) is 0 Å². The number of aromatic hydroxyl groups is 1. The summed E-state index contributed by atoms with van der Waals surface area (Å²) >= 11 is 0. The van der Waals surface area contributed by atoms with Crippen molar-refractivity contribution in [3.8, 4) is 5.75 Å². The van der Waals surface area contributed by atoms with E-state index in [0.29, 0.717) is 0 Å². The molecule has 1 aromatic rings. The Morgan fingerprint density at radius 2 is 2.25 bits per heavy atom. The molecule has 2 nitrogen and oxygen atoms in total. The van der Waals surface area contributed by atoms with Crippen molar-refractivity contribution in [1.82, 2.24) is 0 Å². The fourth-order valence-corrected chi connectivity index (χ4v) is 0.970. The Labute approximate surface area is 72.3 Å². The minimum Gasteiger partial charge on any atom is -0.508 e. The van der Waals surface area contributed by atoms with Gasteiger partial charge in [0.25, 0.3) is 0 Å². The van der Waals surface area contributed by atoms with Gasteiger partial charge in [-0.15, -0.1) is 6.58 Å². The second kappa shape index (κ2) is 3.41. The summed E-state index contributed by atoms with van der Waals surface area (Å²) < 4.78 is 0. The lowest BCUT2D eigenvalue weighted by Gasteiger charge is -2.07. The van der Waals surface area contributed by atoms with Crippen molar-refractivity contribution in [3.63, 3.8) is 0 Å². The van der Waals surface area contributed by atoms with E-state index in [1.807, 2.05) is 19.1 Å². The van der Waals surface area contributed by atoms with Gasteiger partial charge in [0.05, 0.1) is 0 Å². The highest BCUT2D eigenvalue weighted by molar-refractivity contribution is 5.37. The van der Waals surface area contributed by atoms with E-state index < -0.39 is 0 Å². The van der Waals surface area contributed by atoms with Crippen LogP contribution in [0.15, 0.2) is 30.9 Å². The third kappa shape index (κ3) is 1.66. The molecule has 0 bridgehead atoms. The molecule has 0 heterocycles. The first-order chi connectivity index (χ1) is 5.65. The van der Waals surface area contributed by atoms with Crippen molar-refractivity contribution in [1.29, 1.82) is 0 Å². The zero-order chi connectivity index (χ0) is 9.14. The second-order valence-corrected chi connectivity index (χ2v) is 2.81. The smallest absolute Gasteiger partial charge is 0.118 e. The second-order valence-electron chi connectivity index (χ2n) is 2.81. The van der Waals surface area contributed by atoms with Crippen LogP contribution in [0.2, 0.25) is 0 Å². The number of hydrogen-bond acceptors (Lipinski definition) is 2. The van der Waals surface area contributed by atoms with Crippen molar-refractivity contribution in [2.24, 2.45) is 5.73 Å². The topological polar surface area (TPSA) is 46.2 Å². The molecule has 1 rings (SSSR count). The number of benzene rings is 1. The average Bonchev–Trinajstić information content (AvgIpc) is 2.08. The van der Waals surface area contributed by atoms with Crippen LogP contribution in [0.4, 0.5) is 0 Å². The first-order valence-electron chi connectivity index (χ1n) is 3.83. The maximum Gasteiger partial charge on any atom is 0.118 e. The van der Waals surface area contributed by atoms with E-state index in [-0.39, 0.29) is 11.8 Å². The zero-order valence-electron chi connectivity index (χ0n) is 7.12. The van der Waals surface area contributed by atoms with Crippen molar-refractivity contribution in [3.05, 3.63) is 42.0 Å². The van der Waals surface area contributed by atoms with Crippen LogP contribution in [0.5, 0.6) is 5.75 Å².